The van der Waals surface area contributed by atoms with Gasteiger partial charge in [-0.25, -0.2) is 0 Å². The Kier molecular flexibility index (Phi) is 3.76. The molecule has 0 saturated heterocycles. The van der Waals surface area contributed by atoms with Crippen LogP contribution in [-0.4, -0.2) is 4.83 Å². The second-order valence-electron chi connectivity index (χ2n) is 5.82. The fourth-order valence-corrected chi connectivity index (χ4v) is 4.32. The highest BCUT2D eigenvalue weighted by atomic mass is 79.9. The summed E-state index contributed by atoms with van der Waals surface area (Å²) in [6, 6.07) is 0. The third kappa shape index (κ3) is 2.02. The van der Waals surface area contributed by atoms with Crippen molar-refractivity contribution >= 4 is 31.9 Å². The molecule has 0 heterocycles. The number of hydrogen-bond acceptors (Lipinski definition) is 0. The van der Waals surface area contributed by atoms with Gasteiger partial charge in [0.05, 0.1) is 0 Å². The van der Waals surface area contributed by atoms with E-state index in [2.05, 4.69) is 64.4 Å². The number of alkyl halides is 1. The summed E-state index contributed by atoms with van der Waals surface area (Å²) in [7, 11) is 0. The molecule has 0 aromatic rings. The highest BCUT2D eigenvalue weighted by Crippen LogP contribution is 2.60. The van der Waals surface area contributed by atoms with Gasteiger partial charge in [-0.2, -0.15) is 0 Å². The van der Waals surface area contributed by atoms with Gasteiger partial charge in [-0.15, -0.1) is 0 Å². The normalized spacial score (nSPS) is 38.9. The maximum absolute atomic E-state index is 4.37. The summed E-state index contributed by atoms with van der Waals surface area (Å²) in [5.41, 5.74) is 3.23. The van der Waals surface area contributed by atoms with Gasteiger partial charge >= 0.3 is 0 Å². The lowest BCUT2D eigenvalue weighted by molar-refractivity contribution is 0.115. The number of rotatable bonds is 0. The van der Waals surface area contributed by atoms with Crippen LogP contribution in [0.2, 0.25) is 0 Å². The van der Waals surface area contributed by atoms with Crippen LogP contribution in [0.5, 0.6) is 0 Å². The van der Waals surface area contributed by atoms with Crippen molar-refractivity contribution in [3.8, 4) is 0 Å². The van der Waals surface area contributed by atoms with Crippen LogP contribution in [0.4, 0.5) is 0 Å². The zero-order valence-corrected chi connectivity index (χ0v) is 13.8. The topological polar surface area (TPSA) is 0 Å². The van der Waals surface area contributed by atoms with Gasteiger partial charge < -0.3 is 0 Å². The molecule has 2 rings (SSSR count). The van der Waals surface area contributed by atoms with Gasteiger partial charge in [0.15, 0.2) is 0 Å². The molecule has 0 N–H and O–H groups in total. The molecule has 0 bridgehead atoms. The molecular weight excluding hydrogens is 340 g/mol. The van der Waals surface area contributed by atoms with Crippen molar-refractivity contribution in [2.75, 3.05) is 0 Å². The van der Waals surface area contributed by atoms with Crippen molar-refractivity contribution in [2.45, 2.75) is 44.4 Å². The summed E-state index contributed by atoms with van der Waals surface area (Å²) in [6.45, 7) is 9.13. The summed E-state index contributed by atoms with van der Waals surface area (Å²) < 4.78 is 0. The predicted molar refractivity (Wildman–Crippen MR) is 82.7 cm³/mol. The van der Waals surface area contributed by atoms with Crippen molar-refractivity contribution in [1.29, 1.82) is 0 Å². The number of halogens is 2. The number of hydrogen-bond donors (Lipinski definition) is 0. The van der Waals surface area contributed by atoms with Gasteiger partial charge in [0.2, 0.25) is 0 Å². The first-order valence-corrected chi connectivity index (χ1v) is 8.08. The minimum absolute atomic E-state index is 0.179. The van der Waals surface area contributed by atoms with E-state index < -0.39 is 0 Å². The Labute approximate surface area is 122 Å². The van der Waals surface area contributed by atoms with Gasteiger partial charge in [0.25, 0.3) is 0 Å². The van der Waals surface area contributed by atoms with Gasteiger partial charge in [0, 0.05) is 10.2 Å². The van der Waals surface area contributed by atoms with E-state index in [1.807, 2.05) is 4.99 Å². The minimum atomic E-state index is 0.179. The molecule has 1 saturated carbocycles. The standard InChI is InChI=1S/C15H20Br2/c1-11-4-5-13(17)14(2,3)15(11)8-6-12(10-16)7-9-15/h6,8,10,13H,1,4-5,7,9H2,2-3H3/t13-,15-/m1/s1. The molecule has 0 radical (unpaired) electrons. The first-order chi connectivity index (χ1) is 7.94. The zero-order chi connectivity index (χ0) is 12.7. The third-order valence-electron chi connectivity index (χ3n) is 4.79. The molecule has 94 valence electrons. The Morgan fingerprint density at radius 3 is 2.65 bits per heavy atom. The second kappa shape index (κ2) is 4.70. The lowest BCUT2D eigenvalue weighted by Crippen LogP contribution is -2.47. The van der Waals surface area contributed by atoms with Crippen LogP contribution in [0, 0.1) is 10.8 Å². The van der Waals surface area contributed by atoms with E-state index in [1.54, 1.807) is 0 Å². The summed E-state index contributed by atoms with van der Waals surface area (Å²) in [4.78, 5) is 2.63. The first kappa shape index (κ1) is 13.6. The van der Waals surface area contributed by atoms with Gasteiger partial charge in [-0.05, 0) is 41.7 Å². The van der Waals surface area contributed by atoms with Crippen LogP contribution in [0.15, 0.2) is 34.9 Å². The zero-order valence-electron chi connectivity index (χ0n) is 10.6. The van der Waals surface area contributed by atoms with Gasteiger partial charge in [-0.3, -0.25) is 0 Å². The molecule has 0 aromatic heterocycles. The molecule has 0 amide bonds. The third-order valence-corrected chi connectivity index (χ3v) is 6.98. The smallest absolute Gasteiger partial charge is 0.0211 e. The van der Waals surface area contributed by atoms with Crippen molar-refractivity contribution in [1.82, 2.24) is 0 Å². The van der Waals surface area contributed by atoms with E-state index in [4.69, 9.17) is 0 Å². The SMILES string of the molecule is C=C1CC[C@@H](Br)C(C)(C)[C@@]12C=CC(=CBr)CC2. The molecule has 1 fully saturated rings. The lowest BCUT2D eigenvalue weighted by atomic mass is 9.52. The Morgan fingerprint density at radius 1 is 1.41 bits per heavy atom. The molecule has 17 heavy (non-hydrogen) atoms. The molecule has 2 aliphatic carbocycles. The molecule has 0 nitrogen and oxygen atoms in total. The van der Waals surface area contributed by atoms with Gasteiger partial charge in [-0.1, -0.05) is 70.0 Å². The van der Waals surface area contributed by atoms with Crippen molar-refractivity contribution in [3.63, 3.8) is 0 Å². The maximum atomic E-state index is 4.37. The van der Waals surface area contributed by atoms with Crippen LogP contribution < -0.4 is 0 Å². The molecule has 1 spiro atoms. The number of allylic oxidation sites excluding steroid dienone is 4. The first-order valence-electron chi connectivity index (χ1n) is 6.25. The largest absolute Gasteiger partial charge is 0.0990 e. The molecule has 0 aromatic carbocycles. The average Bonchev–Trinajstić information content (AvgIpc) is 2.33. The fraction of sp³-hybridized carbons (Fsp3) is 0.600. The van der Waals surface area contributed by atoms with Gasteiger partial charge in [0.1, 0.15) is 0 Å². The van der Waals surface area contributed by atoms with E-state index in [0.717, 1.165) is 12.8 Å². The quantitative estimate of drug-likeness (QED) is 0.382. The van der Waals surface area contributed by atoms with Crippen LogP contribution in [-0.2, 0) is 0 Å². The van der Waals surface area contributed by atoms with Crippen molar-refractivity contribution in [3.05, 3.63) is 34.9 Å². The second-order valence-corrected chi connectivity index (χ2v) is 7.38. The molecular formula is C15H20Br2. The van der Waals surface area contributed by atoms with E-state index in [9.17, 15) is 0 Å². The predicted octanol–water partition coefficient (Wildman–Crippen LogP) is 5.74. The van der Waals surface area contributed by atoms with Crippen molar-refractivity contribution < 1.29 is 0 Å². The highest BCUT2D eigenvalue weighted by Gasteiger charge is 2.51. The Balaban J connectivity index is 2.43. The van der Waals surface area contributed by atoms with E-state index in [-0.39, 0.29) is 10.8 Å². The molecule has 0 unspecified atom stereocenters. The maximum Gasteiger partial charge on any atom is 0.0211 e. The summed E-state index contributed by atoms with van der Waals surface area (Å²) in [5, 5.41) is 0. The molecule has 2 heteroatoms. The minimum Gasteiger partial charge on any atom is -0.0990 e. The lowest BCUT2D eigenvalue weighted by Gasteiger charge is -2.54. The summed E-state index contributed by atoms with van der Waals surface area (Å²) in [5.74, 6) is 0. The molecule has 2 atom stereocenters. The highest BCUT2D eigenvalue weighted by molar-refractivity contribution is 9.11. The Morgan fingerprint density at radius 2 is 2.12 bits per heavy atom. The Hall–Kier alpha value is 0.180. The average molecular weight is 360 g/mol. The monoisotopic (exact) mass is 358 g/mol. The van der Waals surface area contributed by atoms with E-state index >= 15 is 0 Å². The van der Waals surface area contributed by atoms with Crippen LogP contribution in [0.3, 0.4) is 0 Å². The molecule has 0 aliphatic heterocycles. The van der Waals surface area contributed by atoms with E-state index in [1.165, 1.54) is 24.0 Å². The summed E-state index contributed by atoms with van der Waals surface area (Å²) >= 11 is 7.32. The molecule has 2 aliphatic rings. The summed E-state index contributed by atoms with van der Waals surface area (Å²) in [6.07, 6.45) is 9.37. The Bertz CT molecular complexity index is 390. The van der Waals surface area contributed by atoms with Crippen molar-refractivity contribution in [2.24, 2.45) is 10.8 Å². The van der Waals surface area contributed by atoms with E-state index in [0.29, 0.717) is 4.83 Å². The fourth-order valence-electron chi connectivity index (χ4n) is 3.30. The van der Waals surface area contributed by atoms with Crippen LogP contribution in [0.1, 0.15) is 39.5 Å². The van der Waals surface area contributed by atoms with Crippen LogP contribution >= 0.6 is 31.9 Å². The van der Waals surface area contributed by atoms with Crippen LogP contribution in [0.25, 0.3) is 0 Å².